The van der Waals surface area contributed by atoms with Gasteiger partial charge in [0.1, 0.15) is 11.6 Å². The Morgan fingerprint density at radius 3 is 2.59 bits per heavy atom. The molecule has 1 aliphatic heterocycles. The van der Waals surface area contributed by atoms with E-state index < -0.39 is 5.82 Å². The summed E-state index contributed by atoms with van der Waals surface area (Å²) < 4.78 is 18.5. The van der Waals surface area contributed by atoms with Crippen LogP contribution in [0.5, 0.6) is 5.75 Å². The van der Waals surface area contributed by atoms with Gasteiger partial charge in [-0.05, 0) is 49.2 Å². The number of nitrogens with zero attached hydrogens (tertiary/aromatic N) is 1. The lowest BCUT2D eigenvalue weighted by atomic mass is 10.0. The van der Waals surface area contributed by atoms with Gasteiger partial charge in [0.2, 0.25) is 0 Å². The van der Waals surface area contributed by atoms with Gasteiger partial charge in [0.25, 0.3) is 11.8 Å². The van der Waals surface area contributed by atoms with Crippen LogP contribution in [0, 0.1) is 5.82 Å². The minimum Gasteiger partial charge on any atom is -0.496 e. The summed E-state index contributed by atoms with van der Waals surface area (Å²) in [5.41, 5.74) is 0.712. The van der Waals surface area contributed by atoms with E-state index >= 15 is 0 Å². The minimum atomic E-state index is -0.446. The van der Waals surface area contributed by atoms with Gasteiger partial charge in [0.05, 0.1) is 12.7 Å². The summed E-state index contributed by atoms with van der Waals surface area (Å²) in [5.74, 6) is -0.426. The van der Waals surface area contributed by atoms with Crippen LogP contribution in [0.3, 0.4) is 0 Å². The highest BCUT2D eigenvalue weighted by Gasteiger charge is 2.26. The molecule has 0 atom stereocenters. The SMILES string of the molecule is COc1ccc(Cl)cc1C(=O)N1CCC(NC(=O)c2cccc(F)c2)CC1. The predicted molar refractivity (Wildman–Crippen MR) is 101 cm³/mol. The Hall–Kier alpha value is -2.60. The smallest absolute Gasteiger partial charge is 0.257 e. The molecule has 0 radical (unpaired) electrons. The Morgan fingerprint density at radius 1 is 1.19 bits per heavy atom. The van der Waals surface area contributed by atoms with E-state index in [1.54, 1.807) is 29.2 Å². The number of carbonyl (C=O) groups excluding carboxylic acids is 2. The molecule has 142 valence electrons. The van der Waals surface area contributed by atoms with E-state index in [9.17, 15) is 14.0 Å². The van der Waals surface area contributed by atoms with Crippen LogP contribution >= 0.6 is 11.6 Å². The number of benzene rings is 2. The number of hydrogen-bond acceptors (Lipinski definition) is 3. The molecule has 1 fully saturated rings. The molecule has 2 aromatic rings. The number of amides is 2. The molecule has 2 amide bonds. The molecule has 0 unspecified atom stereocenters. The molecule has 3 rings (SSSR count). The van der Waals surface area contributed by atoms with Gasteiger partial charge in [0.15, 0.2) is 0 Å². The second-order valence-electron chi connectivity index (χ2n) is 6.39. The van der Waals surface area contributed by atoms with Crippen molar-refractivity contribution in [3.8, 4) is 5.75 Å². The third kappa shape index (κ3) is 4.57. The lowest BCUT2D eigenvalue weighted by Gasteiger charge is -2.32. The van der Waals surface area contributed by atoms with Gasteiger partial charge in [-0.15, -0.1) is 0 Å². The highest BCUT2D eigenvalue weighted by molar-refractivity contribution is 6.31. The second-order valence-corrected chi connectivity index (χ2v) is 6.83. The summed E-state index contributed by atoms with van der Waals surface area (Å²) >= 11 is 6.01. The topological polar surface area (TPSA) is 58.6 Å². The summed E-state index contributed by atoms with van der Waals surface area (Å²) in [4.78, 5) is 26.7. The van der Waals surface area contributed by atoms with Crippen LogP contribution in [0.2, 0.25) is 5.02 Å². The lowest BCUT2D eigenvalue weighted by Crippen LogP contribution is -2.46. The van der Waals surface area contributed by atoms with Crippen LogP contribution in [0.1, 0.15) is 33.6 Å². The number of likely N-dealkylation sites (tertiary alicyclic amines) is 1. The fraction of sp³-hybridized carbons (Fsp3) is 0.300. The van der Waals surface area contributed by atoms with Gasteiger partial charge in [-0.2, -0.15) is 0 Å². The molecule has 1 heterocycles. The average molecular weight is 391 g/mol. The summed E-state index contributed by atoms with van der Waals surface area (Å²) in [5, 5.41) is 3.37. The summed E-state index contributed by atoms with van der Waals surface area (Å²) in [7, 11) is 1.51. The quantitative estimate of drug-likeness (QED) is 0.868. The number of rotatable bonds is 4. The van der Waals surface area contributed by atoms with E-state index in [0.29, 0.717) is 42.3 Å². The molecule has 1 aliphatic rings. The van der Waals surface area contributed by atoms with E-state index in [4.69, 9.17) is 16.3 Å². The van der Waals surface area contributed by atoms with Crippen LogP contribution in [0.25, 0.3) is 0 Å². The standard InChI is InChI=1S/C20H20ClFN2O3/c1-27-18-6-5-14(21)12-17(18)20(26)24-9-7-16(8-10-24)23-19(25)13-3-2-4-15(22)11-13/h2-6,11-12,16H,7-10H2,1H3,(H,23,25). The molecule has 27 heavy (non-hydrogen) atoms. The Kier molecular flexibility index (Phi) is 5.96. The van der Waals surface area contributed by atoms with Crippen molar-refractivity contribution in [3.63, 3.8) is 0 Å². The average Bonchev–Trinajstić information content (AvgIpc) is 2.68. The third-order valence-electron chi connectivity index (χ3n) is 4.60. The monoisotopic (exact) mass is 390 g/mol. The number of methoxy groups -OCH3 is 1. The Balaban J connectivity index is 1.59. The van der Waals surface area contributed by atoms with Crippen molar-refractivity contribution in [2.24, 2.45) is 0 Å². The number of carbonyl (C=O) groups is 2. The van der Waals surface area contributed by atoms with E-state index in [2.05, 4.69) is 5.32 Å². The molecule has 7 heteroatoms. The number of hydrogen-bond donors (Lipinski definition) is 1. The summed E-state index contributed by atoms with van der Waals surface area (Å²) in [6, 6.07) is 10.5. The fourth-order valence-corrected chi connectivity index (χ4v) is 3.32. The molecule has 1 saturated heterocycles. The summed E-state index contributed by atoms with van der Waals surface area (Å²) in [6.07, 6.45) is 1.24. The van der Waals surface area contributed by atoms with Crippen molar-refractivity contribution in [1.29, 1.82) is 0 Å². The molecule has 0 bridgehead atoms. The van der Waals surface area contributed by atoms with Crippen LogP contribution in [0.15, 0.2) is 42.5 Å². The molecule has 0 aromatic heterocycles. The van der Waals surface area contributed by atoms with Gasteiger partial charge < -0.3 is 15.0 Å². The fourth-order valence-electron chi connectivity index (χ4n) is 3.14. The maximum Gasteiger partial charge on any atom is 0.257 e. The first kappa shape index (κ1) is 19.2. The Morgan fingerprint density at radius 2 is 1.93 bits per heavy atom. The van der Waals surface area contributed by atoms with Gasteiger partial charge in [-0.1, -0.05) is 17.7 Å². The molecule has 0 aliphatic carbocycles. The number of halogens is 2. The summed E-state index contributed by atoms with van der Waals surface area (Å²) in [6.45, 7) is 1.01. The van der Waals surface area contributed by atoms with Crippen LogP contribution in [0.4, 0.5) is 4.39 Å². The second kappa shape index (κ2) is 8.39. The van der Waals surface area contributed by atoms with E-state index in [1.807, 2.05) is 0 Å². The maximum atomic E-state index is 13.3. The lowest BCUT2D eigenvalue weighted by molar-refractivity contribution is 0.0695. The van der Waals surface area contributed by atoms with Crippen LogP contribution in [-0.4, -0.2) is 43.0 Å². The van der Waals surface area contributed by atoms with Crippen molar-refractivity contribution in [3.05, 3.63) is 64.4 Å². The zero-order valence-corrected chi connectivity index (χ0v) is 15.6. The van der Waals surface area contributed by atoms with Crippen molar-refractivity contribution >= 4 is 23.4 Å². The number of ether oxygens (including phenoxy) is 1. The number of nitrogens with one attached hydrogen (secondary N) is 1. The van der Waals surface area contributed by atoms with Gasteiger partial charge in [0, 0.05) is 29.7 Å². The Labute approximate surface area is 162 Å². The van der Waals surface area contributed by atoms with E-state index in [0.717, 1.165) is 0 Å². The molecule has 0 saturated carbocycles. The van der Waals surface area contributed by atoms with Crippen molar-refractivity contribution in [2.75, 3.05) is 20.2 Å². The van der Waals surface area contributed by atoms with Crippen LogP contribution in [-0.2, 0) is 0 Å². The third-order valence-corrected chi connectivity index (χ3v) is 4.83. The van der Waals surface area contributed by atoms with Crippen molar-refractivity contribution < 1.29 is 18.7 Å². The van der Waals surface area contributed by atoms with Crippen molar-refractivity contribution in [1.82, 2.24) is 10.2 Å². The minimum absolute atomic E-state index is 0.0638. The molecule has 5 nitrogen and oxygen atoms in total. The van der Waals surface area contributed by atoms with Gasteiger partial charge >= 0.3 is 0 Å². The largest absolute Gasteiger partial charge is 0.496 e. The zero-order chi connectivity index (χ0) is 19.4. The van der Waals surface area contributed by atoms with Gasteiger partial charge in [-0.3, -0.25) is 9.59 Å². The highest BCUT2D eigenvalue weighted by atomic mass is 35.5. The van der Waals surface area contributed by atoms with E-state index in [1.165, 1.54) is 25.3 Å². The van der Waals surface area contributed by atoms with Gasteiger partial charge in [-0.25, -0.2) is 4.39 Å². The maximum absolute atomic E-state index is 13.3. The van der Waals surface area contributed by atoms with Crippen molar-refractivity contribution in [2.45, 2.75) is 18.9 Å². The molecular formula is C20H20ClFN2O3. The van der Waals surface area contributed by atoms with E-state index in [-0.39, 0.29) is 23.4 Å². The first-order valence-corrected chi connectivity index (χ1v) is 9.05. The first-order valence-electron chi connectivity index (χ1n) is 8.67. The molecule has 2 aromatic carbocycles. The predicted octanol–water partition coefficient (Wildman–Crippen LogP) is 3.52. The zero-order valence-electron chi connectivity index (χ0n) is 14.9. The van der Waals surface area contributed by atoms with Crippen LogP contribution < -0.4 is 10.1 Å². The molecular weight excluding hydrogens is 371 g/mol. The first-order chi connectivity index (χ1) is 13.0. The normalized spacial score (nSPS) is 14.7. The highest BCUT2D eigenvalue weighted by Crippen LogP contribution is 2.25. The number of piperidine rings is 1. The molecule has 0 spiro atoms. The molecule has 1 N–H and O–H groups in total. The Bertz CT molecular complexity index is 851.